The highest BCUT2D eigenvalue weighted by Gasteiger charge is 2.13. The smallest absolute Gasteiger partial charge is 0.336 e. The van der Waals surface area contributed by atoms with Crippen molar-refractivity contribution in [3.8, 4) is 17.1 Å². The van der Waals surface area contributed by atoms with E-state index in [2.05, 4.69) is 10.5 Å². The molecule has 0 spiro atoms. The van der Waals surface area contributed by atoms with Crippen molar-refractivity contribution in [2.24, 2.45) is 5.10 Å². The van der Waals surface area contributed by atoms with E-state index in [4.69, 9.17) is 9.15 Å². The van der Waals surface area contributed by atoms with E-state index in [1.807, 2.05) is 19.1 Å². The highest BCUT2D eigenvalue weighted by atomic mass is 16.5. The minimum absolute atomic E-state index is 0.141. The summed E-state index contributed by atoms with van der Waals surface area (Å²) in [5, 5.41) is 13.1. The molecule has 7 nitrogen and oxygen atoms in total. The zero-order valence-corrected chi connectivity index (χ0v) is 15.1. The summed E-state index contributed by atoms with van der Waals surface area (Å²) < 4.78 is 10.9. The Hall–Kier alpha value is -3.87. The average Bonchev–Trinajstić information content (AvgIpc) is 3.16. The Morgan fingerprint density at radius 2 is 1.86 bits per heavy atom. The van der Waals surface area contributed by atoms with E-state index in [0.29, 0.717) is 22.8 Å². The fourth-order valence-electron chi connectivity index (χ4n) is 2.43. The summed E-state index contributed by atoms with van der Waals surface area (Å²) in [5.74, 6) is -0.0937. The largest absolute Gasteiger partial charge is 0.484 e. The number of carbonyl (C=O) groups excluding carboxylic acids is 1. The first kappa shape index (κ1) is 18.9. The fourth-order valence-corrected chi connectivity index (χ4v) is 2.43. The summed E-state index contributed by atoms with van der Waals surface area (Å²) in [5.41, 5.74) is 4.05. The molecule has 0 aliphatic heterocycles. The Morgan fingerprint density at radius 3 is 2.61 bits per heavy atom. The number of furan rings is 1. The van der Waals surface area contributed by atoms with Gasteiger partial charge in [0.05, 0.1) is 11.8 Å². The van der Waals surface area contributed by atoms with Crippen LogP contribution in [-0.4, -0.2) is 29.8 Å². The maximum atomic E-state index is 11.8. The number of nitrogens with zero attached hydrogens (tertiary/aromatic N) is 1. The van der Waals surface area contributed by atoms with Crippen LogP contribution in [0.1, 0.15) is 21.7 Å². The Kier molecular flexibility index (Phi) is 5.86. The number of ether oxygens (including phenoxy) is 1. The van der Waals surface area contributed by atoms with Gasteiger partial charge in [-0.1, -0.05) is 35.9 Å². The van der Waals surface area contributed by atoms with Crippen molar-refractivity contribution in [2.75, 3.05) is 6.61 Å². The van der Waals surface area contributed by atoms with E-state index in [-0.39, 0.29) is 12.2 Å². The molecule has 0 saturated carbocycles. The summed E-state index contributed by atoms with van der Waals surface area (Å²) >= 11 is 0. The van der Waals surface area contributed by atoms with Gasteiger partial charge in [-0.2, -0.15) is 5.10 Å². The Labute approximate surface area is 161 Å². The zero-order valence-electron chi connectivity index (χ0n) is 15.1. The molecule has 1 amide bonds. The summed E-state index contributed by atoms with van der Waals surface area (Å²) in [7, 11) is 0. The van der Waals surface area contributed by atoms with Crippen molar-refractivity contribution in [3.63, 3.8) is 0 Å². The number of benzene rings is 2. The molecule has 0 saturated heterocycles. The first-order chi connectivity index (χ1) is 13.5. The third kappa shape index (κ3) is 4.85. The van der Waals surface area contributed by atoms with Crippen molar-refractivity contribution < 1.29 is 23.8 Å². The van der Waals surface area contributed by atoms with Gasteiger partial charge in [0.1, 0.15) is 17.3 Å². The van der Waals surface area contributed by atoms with Crippen molar-refractivity contribution >= 4 is 18.1 Å². The van der Waals surface area contributed by atoms with Crippen LogP contribution in [0.3, 0.4) is 0 Å². The Bertz CT molecular complexity index is 1010. The molecule has 0 atom stereocenters. The van der Waals surface area contributed by atoms with E-state index in [1.165, 1.54) is 12.3 Å². The molecule has 2 N–H and O–H groups in total. The molecule has 3 rings (SSSR count). The van der Waals surface area contributed by atoms with E-state index in [0.717, 1.165) is 5.56 Å². The lowest BCUT2D eigenvalue weighted by Gasteiger charge is -2.04. The predicted octanol–water partition coefficient (Wildman–Crippen LogP) is 3.48. The van der Waals surface area contributed by atoms with Crippen LogP contribution >= 0.6 is 0 Å². The average molecular weight is 378 g/mol. The summed E-state index contributed by atoms with van der Waals surface area (Å²) in [4.78, 5) is 23.1. The first-order valence-electron chi connectivity index (χ1n) is 8.47. The van der Waals surface area contributed by atoms with E-state index in [1.54, 1.807) is 42.5 Å². The van der Waals surface area contributed by atoms with Crippen molar-refractivity contribution in [1.29, 1.82) is 0 Å². The Balaban J connectivity index is 1.56. The van der Waals surface area contributed by atoms with E-state index in [9.17, 15) is 14.7 Å². The second-order valence-electron chi connectivity index (χ2n) is 5.95. The van der Waals surface area contributed by atoms with Crippen LogP contribution in [0.25, 0.3) is 11.3 Å². The third-order valence-electron chi connectivity index (χ3n) is 3.82. The number of nitrogens with one attached hydrogen (secondary N) is 1. The number of hydrogen-bond donors (Lipinski definition) is 2. The topological polar surface area (TPSA) is 101 Å². The number of carboxylic acids is 1. The lowest BCUT2D eigenvalue weighted by Crippen LogP contribution is -2.24. The maximum absolute atomic E-state index is 11.8. The first-order valence-corrected chi connectivity index (χ1v) is 8.47. The van der Waals surface area contributed by atoms with E-state index < -0.39 is 11.9 Å². The van der Waals surface area contributed by atoms with Gasteiger partial charge in [-0.15, -0.1) is 0 Å². The van der Waals surface area contributed by atoms with E-state index >= 15 is 0 Å². The predicted molar refractivity (Wildman–Crippen MR) is 104 cm³/mol. The third-order valence-corrected chi connectivity index (χ3v) is 3.82. The van der Waals surface area contributed by atoms with Gasteiger partial charge < -0.3 is 14.3 Å². The second-order valence-corrected chi connectivity index (χ2v) is 5.95. The van der Waals surface area contributed by atoms with Gasteiger partial charge in [-0.3, -0.25) is 4.79 Å². The number of hydrogen-bond acceptors (Lipinski definition) is 5. The van der Waals surface area contributed by atoms with Crippen molar-refractivity contribution in [3.05, 3.63) is 77.6 Å². The molecular weight excluding hydrogens is 360 g/mol. The van der Waals surface area contributed by atoms with Crippen LogP contribution in [0.15, 0.2) is 70.2 Å². The van der Waals surface area contributed by atoms with Gasteiger partial charge in [-0.05, 0) is 37.3 Å². The molecule has 0 unspecified atom stereocenters. The van der Waals surface area contributed by atoms with Crippen LogP contribution in [0.5, 0.6) is 5.75 Å². The van der Waals surface area contributed by atoms with Crippen molar-refractivity contribution in [1.82, 2.24) is 5.43 Å². The number of rotatable bonds is 7. The molecule has 0 bridgehead atoms. The molecule has 28 heavy (non-hydrogen) atoms. The maximum Gasteiger partial charge on any atom is 0.336 e. The van der Waals surface area contributed by atoms with Gasteiger partial charge >= 0.3 is 5.97 Å². The monoisotopic (exact) mass is 378 g/mol. The van der Waals surface area contributed by atoms with Crippen LogP contribution in [-0.2, 0) is 4.79 Å². The minimum Gasteiger partial charge on any atom is -0.484 e. The van der Waals surface area contributed by atoms with Gasteiger partial charge in [0.15, 0.2) is 6.61 Å². The van der Waals surface area contributed by atoms with Gasteiger partial charge in [0, 0.05) is 5.56 Å². The number of aromatic carboxylic acids is 1. The fraction of sp³-hybridized carbons (Fsp3) is 0.0952. The number of aryl methyl sites for hydroxylation is 1. The standard InChI is InChI=1S/C21H18N2O5/c1-14-6-8-15(9-7-14)27-13-20(24)23-22-12-16-10-11-19(28-16)17-4-2-3-5-18(17)21(25)26/h2-12H,13H2,1H3,(H,23,24)(H,25,26)/b22-12-. The second kappa shape index (κ2) is 8.68. The number of carboxylic acid groups (broad SMARTS) is 1. The summed E-state index contributed by atoms with van der Waals surface area (Å²) in [6, 6.07) is 17.2. The zero-order chi connectivity index (χ0) is 19.9. The molecule has 142 valence electrons. The molecule has 7 heteroatoms. The van der Waals surface area contributed by atoms with Crippen LogP contribution in [0.4, 0.5) is 0 Å². The van der Waals surface area contributed by atoms with Crippen LogP contribution < -0.4 is 10.2 Å². The summed E-state index contributed by atoms with van der Waals surface area (Å²) in [6.07, 6.45) is 1.33. The molecule has 0 fully saturated rings. The normalized spacial score (nSPS) is 10.8. The number of amides is 1. The Morgan fingerprint density at radius 1 is 1.11 bits per heavy atom. The molecule has 0 radical (unpaired) electrons. The van der Waals surface area contributed by atoms with Crippen molar-refractivity contribution in [2.45, 2.75) is 6.92 Å². The lowest BCUT2D eigenvalue weighted by molar-refractivity contribution is -0.123. The molecule has 3 aromatic rings. The van der Waals surface area contributed by atoms with Crippen LogP contribution in [0.2, 0.25) is 0 Å². The molecule has 1 heterocycles. The quantitative estimate of drug-likeness (QED) is 0.484. The molecule has 0 aliphatic carbocycles. The minimum atomic E-state index is -1.04. The highest BCUT2D eigenvalue weighted by Crippen LogP contribution is 2.25. The SMILES string of the molecule is Cc1ccc(OCC(=O)N/N=C\c2ccc(-c3ccccc3C(=O)O)o2)cc1. The molecule has 2 aromatic carbocycles. The number of carbonyl (C=O) groups is 2. The van der Waals surface area contributed by atoms with Gasteiger partial charge in [0.2, 0.25) is 0 Å². The lowest BCUT2D eigenvalue weighted by atomic mass is 10.1. The van der Waals surface area contributed by atoms with Crippen LogP contribution in [0, 0.1) is 6.92 Å². The molecular formula is C21H18N2O5. The molecule has 1 aromatic heterocycles. The van der Waals surface area contributed by atoms with Gasteiger partial charge in [0.25, 0.3) is 5.91 Å². The van der Waals surface area contributed by atoms with Gasteiger partial charge in [-0.25, -0.2) is 10.2 Å². The summed E-state index contributed by atoms with van der Waals surface area (Å²) in [6.45, 7) is 1.79. The molecule has 0 aliphatic rings. The highest BCUT2D eigenvalue weighted by molar-refractivity contribution is 5.95. The number of hydrazone groups is 1.